The molecule has 1 saturated heterocycles. The van der Waals surface area contributed by atoms with Crippen molar-refractivity contribution in [1.82, 2.24) is 5.32 Å². The summed E-state index contributed by atoms with van der Waals surface area (Å²) in [6.45, 7) is 0. The number of ether oxygens (including phenoxy) is 1. The average molecular weight is 310 g/mol. The molecule has 1 aromatic carbocycles. The monoisotopic (exact) mass is 310 g/mol. The number of aromatic hydroxyl groups is 1. The lowest BCUT2D eigenvalue weighted by Crippen LogP contribution is -2.19. The number of methoxy groups -OCH3 is 1. The van der Waals surface area contributed by atoms with Crippen LogP contribution in [0.1, 0.15) is 5.56 Å². The van der Waals surface area contributed by atoms with Crippen LogP contribution in [0.25, 0.3) is 0 Å². The maximum Gasteiger partial charge on any atom is 0.315 e. The molecule has 0 aliphatic carbocycles. The van der Waals surface area contributed by atoms with E-state index in [4.69, 9.17) is 4.74 Å². The number of amidine groups is 1. The Morgan fingerprint density at radius 1 is 1.57 bits per heavy atom. The highest BCUT2D eigenvalue weighted by Crippen LogP contribution is 2.36. The van der Waals surface area contributed by atoms with Crippen molar-refractivity contribution in [2.45, 2.75) is 0 Å². The summed E-state index contributed by atoms with van der Waals surface area (Å²) < 4.78 is 4.78. The maximum atomic E-state index is 10.9. The number of hydrogen-bond acceptors (Lipinski definition) is 8. The van der Waals surface area contributed by atoms with Crippen LogP contribution in [-0.4, -0.2) is 40.2 Å². The molecule has 21 heavy (non-hydrogen) atoms. The standard InChI is InChI=1S/C11H10N4O5S/c1-20-10-7(15(18)19)2-6(3-8(10)16)4-12-14-11-13-9(17)5-21-11/h2-4,16H,5H2,1H3,(H,13,14,17). The number of amides is 1. The highest BCUT2D eigenvalue weighted by Gasteiger charge is 2.20. The van der Waals surface area contributed by atoms with E-state index in [0.29, 0.717) is 5.17 Å². The van der Waals surface area contributed by atoms with Crippen LogP contribution >= 0.6 is 11.8 Å². The molecule has 2 rings (SSSR count). The number of nitro groups is 1. The molecule has 0 aromatic heterocycles. The van der Waals surface area contributed by atoms with Gasteiger partial charge in [0.05, 0.1) is 24.0 Å². The highest BCUT2D eigenvalue weighted by molar-refractivity contribution is 8.15. The first kappa shape index (κ1) is 14.8. The van der Waals surface area contributed by atoms with Gasteiger partial charge < -0.3 is 15.2 Å². The third kappa shape index (κ3) is 3.48. The minimum atomic E-state index is -0.672. The third-order valence-electron chi connectivity index (χ3n) is 2.41. The number of phenols is 1. The molecule has 2 N–H and O–H groups in total. The van der Waals surface area contributed by atoms with Crippen LogP contribution in [0, 0.1) is 10.1 Å². The Morgan fingerprint density at radius 3 is 2.90 bits per heavy atom. The number of nitrogens with one attached hydrogen (secondary N) is 1. The predicted octanol–water partition coefficient (Wildman–Crippen LogP) is 0.862. The lowest BCUT2D eigenvalue weighted by molar-refractivity contribution is -0.385. The summed E-state index contributed by atoms with van der Waals surface area (Å²) in [4.78, 5) is 21.2. The Balaban J connectivity index is 2.24. The van der Waals surface area contributed by atoms with Crippen LogP contribution in [-0.2, 0) is 4.79 Å². The van der Waals surface area contributed by atoms with Gasteiger partial charge in [-0.1, -0.05) is 11.8 Å². The normalized spacial score (nSPS) is 16.4. The van der Waals surface area contributed by atoms with Gasteiger partial charge in [0, 0.05) is 11.6 Å². The molecule has 1 aliphatic heterocycles. The molecule has 1 aliphatic rings. The van der Waals surface area contributed by atoms with Crippen LogP contribution in [0.15, 0.2) is 22.3 Å². The van der Waals surface area contributed by atoms with E-state index in [1.165, 1.54) is 37.2 Å². The quantitative estimate of drug-likeness (QED) is 0.482. The molecule has 1 aromatic rings. The smallest absolute Gasteiger partial charge is 0.315 e. The van der Waals surface area contributed by atoms with E-state index in [-0.39, 0.29) is 34.4 Å². The summed E-state index contributed by atoms with van der Waals surface area (Å²) in [6, 6.07) is 2.46. The van der Waals surface area contributed by atoms with Crippen molar-refractivity contribution in [3.63, 3.8) is 0 Å². The molecule has 0 radical (unpaired) electrons. The number of hydrogen-bond donors (Lipinski definition) is 2. The van der Waals surface area contributed by atoms with Gasteiger partial charge in [-0.15, -0.1) is 5.10 Å². The van der Waals surface area contributed by atoms with Gasteiger partial charge in [-0.3, -0.25) is 14.9 Å². The fourth-order valence-electron chi connectivity index (χ4n) is 1.57. The Hall–Kier alpha value is -2.62. The van der Waals surface area contributed by atoms with E-state index in [0.717, 1.165) is 0 Å². The number of benzene rings is 1. The number of carbonyl (C=O) groups is 1. The molecule has 1 fully saturated rings. The minimum Gasteiger partial charge on any atom is -0.504 e. The van der Waals surface area contributed by atoms with E-state index >= 15 is 0 Å². The zero-order chi connectivity index (χ0) is 15.4. The first-order valence-corrected chi connectivity index (χ1v) is 6.59. The molecule has 110 valence electrons. The summed E-state index contributed by atoms with van der Waals surface area (Å²) in [5.74, 6) is -0.471. The van der Waals surface area contributed by atoms with E-state index < -0.39 is 4.92 Å². The Bertz CT molecular complexity index is 658. The molecule has 1 amide bonds. The van der Waals surface area contributed by atoms with Crippen LogP contribution in [0.5, 0.6) is 11.5 Å². The van der Waals surface area contributed by atoms with Crippen molar-refractivity contribution in [3.8, 4) is 11.5 Å². The van der Waals surface area contributed by atoms with Crippen LogP contribution in [0.4, 0.5) is 5.69 Å². The SMILES string of the molecule is COc1c(O)cc(C=NN=C2NC(=O)CS2)cc1[N+](=O)[O-]. The molecule has 0 bridgehead atoms. The highest BCUT2D eigenvalue weighted by atomic mass is 32.2. The van der Waals surface area contributed by atoms with Gasteiger partial charge in [-0.05, 0) is 6.07 Å². The Kier molecular flexibility index (Phi) is 4.38. The number of phenolic OH excluding ortho intramolecular Hbond substituents is 1. The zero-order valence-corrected chi connectivity index (χ0v) is 11.6. The molecule has 9 nitrogen and oxygen atoms in total. The second-order valence-corrected chi connectivity index (χ2v) is 4.80. The van der Waals surface area contributed by atoms with Crippen LogP contribution in [0.2, 0.25) is 0 Å². The van der Waals surface area contributed by atoms with Crippen molar-refractivity contribution in [2.75, 3.05) is 12.9 Å². The third-order valence-corrected chi connectivity index (χ3v) is 3.28. The molecular formula is C11H10N4O5S. The summed E-state index contributed by atoms with van der Waals surface area (Å²) in [6.07, 6.45) is 1.23. The average Bonchev–Trinajstić information content (AvgIpc) is 2.83. The first-order chi connectivity index (χ1) is 10.0. The number of nitrogens with zero attached hydrogens (tertiary/aromatic N) is 3. The molecule has 0 spiro atoms. The maximum absolute atomic E-state index is 10.9. The van der Waals surface area contributed by atoms with Crippen LogP contribution < -0.4 is 10.1 Å². The Labute approximate surface area is 122 Å². The van der Waals surface area contributed by atoms with Gasteiger partial charge in [0.1, 0.15) is 0 Å². The summed E-state index contributed by atoms with van der Waals surface area (Å²) in [7, 11) is 1.22. The van der Waals surface area contributed by atoms with Crippen LogP contribution in [0.3, 0.4) is 0 Å². The molecule has 10 heteroatoms. The van der Waals surface area contributed by atoms with E-state index in [1.54, 1.807) is 0 Å². The fraction of sp³-hybridized carbons (Fsp3) is 0.182. The van der Waals surface area contributed by atoms with E-state index in [9.17, 15) is 20.0 Å². The summed E-state index contributed by atoms with van der Waals surface area (Å²) >= 11 is 1.20. The van der Waals surface area contributed by atoms with Gasteiger partial charge in [-0.25, -0.2) is 0 Å². The predicted molar refractivity (Wildman–Crippen MR) is 76.9 cm³/mol. The minimum absolute atomic E-state index is 0.160. The number of nitro benzene ring substituents is 1. The molecule has 0 unspecified atom stereocenters. The van der Waals surface area contributed by atoms with Crippen molar-refractivity contribution in [2.24, 2.45) is 10.2 Å². The first-order valence-electron chi connectivity index (χ1n) is 5.60. The molecule has 1 heterocycles. The fourth-order valence-corrected chi connectivity index (χ4v) is 2.20. The number of rotatable bonds is 4. The van der Waals surface area contributed by atoms with Crippen molar-refractivity contribution in [1.29, 1.82) is 0 Å². The van der Waals surface area contributed by atoms with Crippen molar-refractivity contribution < 1.29 is 19.6 Å². The lowest BCUT2D eigenvalue weighted by Gasteiger charge is -2.04. The van der Waals surface area contributed by atoms with E-state index in [1.807, 2.05) is 0 Å². The largest absolute Gasteiger partial charge is 0.504 e. The van der Waals surface area contributed by atoms with Gasteiger partial charge in [0.25, 0.3) is 0 Å². The van der Waals surface area contributed by atoms with Gasteiger partial charge in [-0.2, -0.15) is 5.10 Å². The molecule has 0 saturated carbocycles. The second-order valence-electron chi connectivity index (χ2n) is 3.84. The summed E-state index contributed by atoms with van der Waals surface area (Å²) in [5.41, 5.74) is -0.103. The lowest BCUT2D eigenvalue weighted by atomic mass is 10.2. The zero-order valence-electron chi connectivity index (χ0n) is 10.8. The van der Waals surface area contributed by atoms with Gasteiger partial charge in [0.15, 0.2) is 10.9 Å². The number of thioether (sulfide) groups is 1. The topological polar surface area (TPSA) is 126 Å². The van der Waals surface area contributed by atoms with E-state index in [2.05, 4.69) is 15.5 Å². The van der Waals surface area contributed by atoms with Crippen molar-refractivity contribution >= 4 is 34.7 Å². The Morgan fingerprint density at radius 2 is 2.33 bits per heavy atom. The van der Waals surface area contributed by atoms with Gasteiger partial charge >= 0.3 is 5.69 Å². The molecular weight excluding hydrogens is 300 g/mol. The second kappa shape index (κ2) is 6.22. The van der Waals surface area contributed by atoms with Gasteiger partial charge in [0.2, 0.25) is 11.7 Å². The summed E-state index contributed by atoms with van der Waals surface area (Å²) in [5, 5.41) is 30.9. The van der Waals surface area contributed by atoms with Crippen molar-refractivity contribution in [3.05, 3.63) is 27.8 Å². The number of carbonyl (C=O) groups excluding carboxylic acids is 1. The molecule has 0 atom stereocenters.